The molecule has 19 heavy (non-hydrogen) atoms. The highest BCUT2D eigenvalue weighted by Gasteiger charge is 2.58. The van der Waals surface area contributed by atoms with Gasteiger partial charge in [0, 0.05) is 15.2 Å². The average Bonchev–Trinajstić information content (AvgIpc) is 2.85. The van der Waals surface area contributed by atoms with Crippen molar-refractivity contribution in [3.63, 3.8) is 0 Å². The molecule has 0 atom stereocenters. The average molecular weight is 305 g/mol. The molecule has 0 N–H and O–H groups in total. The van der Waals surface area contributed by atoms with E-state index in [1.807, 2.05) is 0 Å². The van der Waals surface area contributed by atoms with Crippen LogP contribution in [0.4, 0.5) is 0 Å². The van der Waals surface area contributed by atoms with E-state index in [1.54, 1.807) is 10.4 Å². The van der Waals surface area contributed by atoms with Gasteiger partial charge in [-0.15, -0.1) is 0 Å². The molecule has 0 aromatic carbocycles. The molecule has 2 rings (SSSR count). The van der Waals surface area contributed by atoms with Gasteiger partial charge in [0.15, 0.2) is 0 Å². The van der Waals surface area contributed by atoms with Gasteiger partial charge in [0.2, 0.25) is 0 Å². The Morgan fingerprint density at radius 1 is 0.684 bits per heavy atom. The van der Waals surface area contributed by atoms with Gasteiger partial charge in [0.1, 0.15) is 7.11 Å². The lowest BCUT2D eigenvalue weighted by atomic mass is 10.5. The van der Waals surface area contributed by atoms with Crippen LogP contribution in [0.25, 0.3) is 0 Å². The van der Waals surface area contributed by atoms with Gasteiger partial charge in [0.25, 0.3) is 0 Å². The third kappa shape index (κ3) is 2.26. The first-order valence-corrected chi connectivity index (χ1v) is 18.5. The largest absolute Gasteiger partial charge is 0.102 e. The van der Waals surface area contributed by atoms with Gasteiger partial charge >= 0.3 is 0 Å². The first-order chi connectivity index (χ1) is 8.71. The summed E-state index contributed by atoms with van der Waals surface area (Å²) in [5.41, 5.74) is 0. The summed E-state index contributed by atoms with van der Waals surface area (Å²) in [4.78, 5) is 0. The lowest BCUT2D eigenvalue weighted by molar-refractivity contribution is 1.44. The molecule has 0 fully saturated rings. The highest BCUT2D eigenvalue weighted by Crippen LogP contribution is 2.44. The van der Waals surface area contributed by atoms with Crippen molar-refractivity contribution in [3.8, 4) is 0 Å². The molecule has 0 amide bonds. The van der Waals surface area contributed by atoms with E-state index in [1.165, 1.54) is 0 Å². The summed E-state index contributed by atoms with van der Waals surface area (Å²) in [6.45, 7) is 15.7. The van der Waals surface area contributed by atoms with Gasteiger partial charge in [-0.1, -0.05) is 86.1 Å². The summed E-state index contributed by atoms with van der Waals surface area (Å²) in [6.07, 6.45) is 17.1. The molecule has 0 aromatic rings. The zero-order valence-electron chi connectivity index (χ0n) is 13.4. The van der Waals surface area contributed by atoms with Crippen LogP contribution in [-0.2, 0) is 0 Å². The Morgan fingerprint density at radius 2 is 1.05 bits per heavy atom. The molecule has 0 heterocycles. The van der Waals surface area contributed by atoms with E-state index >= 15 is 0 Å². The van der Waals surface area contributed by atoms with Crippen LogP contribution in [-0.4, -0.2) is 22.3 Å². The highest BCUT2D eigenvalue weighted by atomic mass is 29.6. The van der Waals surface area contributed by atoms with Crippen LogP contribution in [0.1, 0.15) is 12.8 Å². The van der Waals surface area contributed by atoms with Crippen molar-refractivity contribution in [2.24, 2.45) is 0 Å². The molecular weight excluding hydrogens is 276 g/mol. The van der Waals surface area contributed by atoms with Crippen molar-refractivity contribution in [3.05, 3.63) is 46.8 Å². The van der Waals surface area contributed by atoms with Crippen molar-refractivity contribution >= 4 is 22.3 Å². The maximum Gasteiger partial charge on any atom is 0.102 e. The van der Waals surface area contributed by atoms with Crippen LogP contribution in [0.5, 0.6) is 0 Å². The molecule has 0 nitrogen and oxygen atoms in total. The minimum absolute atomic E-state index is 1.16. The lowest BCUT2D eigenvalue weighted by Gasteiger charge is -2.51. The molecule has 0 unspecified atom stereocenters. The third-order valence-electron chi connectivity index (χ3n) is 4.66. The number of allylic oxidation sites excluding steroid dienone is 8. The van der Waals surface area contributed by atoms with Gasteiger partial charge in [-0.25, -0.2) is 0 Å². The molecule has 2 aliphatic carbocycles. The minimum atomic E-state index is -1.51. The van der Waals surface area contributed by atoms with Gasteiger partial charge in [0.05, 0.1) is 0 Å². The summed E-state index contributed by atoms with van der Waals surface area (Å²) in [7, 11) is -3.99. The predicted octanol–water partition coefficient (Wildman–Crippen LogP) is 5.12. The van der Waals surface area contributed by atoms with Gasteiger partial charge < -0.3 is 0 Å². The fourth-order valence-corrected chi connectivity index (χ4v) is 51.7. The second kappa shape index (κ2) is 4.86. The quantitative estimate of drug-likeness (QED) is 0.632. The highest BCUT2D eigenvalue weighted by molar-refractivity contribution is 7.73. The molecule has 2 aliphatic rings. The van der Waals surface area contributed by atoms with E-state index in [0.29, 0.717) is 0 Å². The normalized spacial score (nSPS) is 19.9. The Kier molecular flexibility index (Phi) is 3.84. The standard InChI is InChI=1S/C16H28Si3/c1-17(2,3)19(18(4,5)6,15-11-7-8-12-15)16-13-9-10-14-16/h7,9,11-14H,8,10H2,1-6H3. The molecule has 104 valence electrons. The molecule has 0 spiro atoms. The van der Waals surface area contributed by atoms with Crippen molar-refractivity contribution in [2.75, 3.05) is 0 Å². The zero-order valence-corrected chi connectivity index (χ0v) is 16.4. The predicted molar refractivity (Wildman–Crippen MR) is 96.1 cm³/mol. The molecular formula is C16H28Si3. The summed E-state index contributed by atoms with van der Waals surface area (Å²) in [6, 6.07) is 0. The minimum Gasteiger partial charge on any atom is -0.0816 e. The van der Waals surface area contributed by atoms with Crippen LogP contribution >= 0.6 is 0 Å². The van der Waals surface area contributed by atoms with E-state index in [9.17, 15) is 0 Å². The van der Waals surface area contributed by atoms with E-state index in [4.69, 9.17) is 0 Å². The molecule has 0 aliphatic heterocycles. The summed E-state index contributed by atoms with van der Waals surface area (Å²) >= 11 is 0. The Bertz CT molecular complexity index is 433. The second-order valence-electron chi connectivity index (χ2n) is 7.85. The summed E-state index contributed by atoms with van der Waals surface area (Å²) in [5.74, 6) is 0. The van der Waals surface area contributed by atoms with E-state index < -0.39 is 22.3 Å². The monoisotopic (exact) mass is 304 g/mol. The Morgan fingerprint density at radius 3 is 1.26 bits per heavy atom. The summed E-state index contributed by atoms with van der Waals surface area (Å²) in [5, 5.41) is 3.53. The van der Waals surface area contributed by atoms with Crippen molar-refractivity contribution in [2.45, 2.75) is 52.1 Å². The molecule has 0 bridgehead atoms. The second-order valence-corrected chi connectivity index (χ2v) is 34.5. The molecule has 3 heteroatoms. The Hall–Kier alpha value is -0.389. The Labute approximate surface area is 121 Å². The number of hydrogen-bond acceptors (Lipinski definition) is 0. The maximum absolute atomic E-state index is 2.62. The molecule has 0 radical (unpaired) electrons. The SMILES string of the molecule is C[Si](C)(C)[Si](C1=CCC=C1)(C1=CCC=C1)[Si](C)(C)C. The van der Waals surface area contributed by atoms with Crippen molar-refractivity contribution < 1.29 is 0 Å². The zero-order chi connectivity index (χ0) is 14.3. The van der Waals surface area contributed by atoms with E-state index in [0.717, 1.165) is 12.8 Å². The molecule has 0 aromatic heterocycles. The topological polar surface area (TPSA) is 0 Å². The number of hydrogen-bond donors (Lipinski definition) is 0. The van der Waals surface area contributed by atoms with Gasteiger partial charge in [-0.3, -0.25) is 0 Å². The van der Waals surface area contributed by atoms with E-state index in [2.05, 4.69) is 75.7 Å². The Balaban J connectivity index is 2.72. The van der Waals surface area contributed by atoms with Crippen molar-refractivity contribution in [1.82, 2.24) is 0 Å². The van der Waals surface area contributed by atoms with Gasteiger partial charge in [-0.05, 0) is 12.8 Å². The number of rotatable bonds is 4. The fourth-order valence-electron chi connectivity index (χ4n) is 4.50. The van der Waals surface area contributed by atoms with E-state index in [-0.39, 0.29) is 0 Å². The first kappa shape index (κ1) is 15.0. The van der Waals surface area contributed by atoms with Crippen molar-refractivity contribution in [1.29, 1.82) is 0 Å². The lowest BCUT2D eigenvalue weighted by Crippen LogP contribution is -2.73. The van der Waals surface area contributed by atoms with Crippen LogP contribution < -0.4 is 0 Å². The third-order valence-corrected chi connectivity index (χ3v) is 42.1. The summed E-state index contributed by atoms with van der Waals surface area (Å²) < 4.78 is 0. The first-order valence-electron chi connectivity index (χ1n) is 7.45. The van der Waals surface area contributed by atoms with Crippen LogP contribution in [0.15, 0.2) is 46.8 Å². The maximum atomic E-state index is 2.62. The van der Waals surface area contributed by atoms with Gasteiger partial charge in [-0.2, -0.15) is 0 Å². The van der Waals surface area contributed by atoms with Crippen LogP contribution in [0.3, 0.4) is 0 Å². The van der Waals surface area contributed by atoms with Crippen LogP contribution in [0.2, 0.25) is 39.3 Å². The molecule has 0 saturated carbocycles. The smallest absolute Gasteiger partial charge is 0.0816 e. The fraction of sp³-hybridized carbons (Fsp3) is 0.500. The van der Waals surface area contributed by atoms with Crippen LogP contribution in [0, 0.1) is 0 Å². The molecule has 0 saturated heterocycles.